The number of amides is 1. The predicted molar refractivity (Wildman–Crippen MR) is 92.4 cm³/mol. The molecule has 0 saturated heterocycles. The molecule has 0 aliphatic carbocycles. The van der Waals surface area contributed by atoms with Crippen molar-refractivity contribution in [1.82, 2.24) is 5.32 Å². The molecule has 0 heterocycles. The maximum atomic E-state index is 12.1. The van der Waals surface area contributed by atoms with Gasteiger partial charge in [0.2, 0.25) is 5.91 Å². The minimum atomic E-state index is -0.296. The van der Waals surface area contributed by atoms with Crippen LogP contribution in [0.1, 0.15) is 38.3 Å². The monoisotopic (exact) mass is 308 g/mol. The normalized spacial score (nSPS) is 14.0. The first kappa shape index (κ1) is 18.1. The summed E-state index contributed by atoms with van der Waals surface area (Å²) in [5.74, 6) is 1.92. The Balaban J connectivity index is 2.39. The minimum absolute atomic E-state index is 0.0706. The Labute approximate surface area is 133 Å². The average molecular weight is 308 g/mol. The maximum Gasteiger partial charge on any atom is 0.230 e. The van der Waals surface area contributed by atoms with E-state index in [9.17, 15) is 4.79 Å². The zero-order valence-corrected chi connectivity index (χ0v) is 14.4. The van der Waals surface area contributed by atoms with E-state index in [1.807, 2.05) is 6.92 Å². The fraction of sp³-hybridized carbons (Fsp3) is 0.588. The Morgan fingerprint density at radius 1 is 1.43 bits per heavy atom. The minimum Gasteiger partial charge on any atom is -0.349 e. The van der Waals surface area contributed by atoms with Gasteiger partial charge in [-0.15, -0.1) is 11.8 Å². The van der Waals surface area contributed by atoms with Crippen molar-refractivity contribution in [3.05, 3.63) is 35.4 Å². The third kappa shape index (κ3) is 7.00. The molecular weight excluding hydrogens is 280 g/mol. The molecular formula is C17H28N2OS. The van der Waals surface area contributed by atoms with E-state index in [1.54, 1.807) is 11.8 Å². The molecule has 1 rings (SSSR count). The van der Waals surface area contributed by atoms with Crippen molar-refractivity contribution >= 4 is 17.7 Å². The largest absolute Gasteiger partial charge is 0.349 e. The van der Waals surface area contributed by atoms with E-state index in [2.05, 4.69) is 50.4 Å². The maximum absolute atomic E-state index is 12.1. The van der Waals surface area contributed by atoms with Gasteiger partial charge in [-0.3, -0.25) is 4.79 Å². The highest BCUT2D eigenvalue weighted by atomic mass is 32.2. The molecule has 4 heteroatoms. The lowest BCUT2D eigenvalue weighted by atomic mass is 9.91. The molecule has 0 bridgehead atoms. The Morgan fingerprint density at radius 3 is 2.71 bits per heavy atom. The highest BCUT2D eigenvalue weighted by Gasteiger charge is 2.25. The van der Waals surface area contributed by atoms with Crippen molar-refractivity contribution in [2.75, 3.05) is 12.3 Å². The number of benzene rings is 1. The molecule has 0 saturated carbocycles. The van der Waals surface area contributed by atoms with Crippen LogP contribution in [-0.2, 0) is 10.5 Å². The molecule has 0 fully saturated rings. The van der Waals surface area contributed by atoms with Gasteiger partial charge in [-0.05, 0) is 31.7 Å². The second-order valence-electron chi connectivity index (χ2n) is 6.39. The number of nitrogens with one attached hydrogen (secondary N) is 1. The van der Waals surface area contributed by atoms with Crippen LogP contribution in [0.2, 0.25) is 0 Å². The highest BCUT2D eigenvalue weighted by molar-refractivity contribution is 7.99. The van der Waals surface area contributed by atoms with Gasteiger partial charge in [0.15, 0.2) is 0 Å². The Bertz CT molecular complexity index is 462. The summed E-state index contributed by atoms with van der Waals surface area (Å²) in [7, 11) is 0. The first-order valence-corrected chi connectivity index (χ1v) is 8.64. The summed E-state index contributed by atoms with van der Waals surface area (Å²) in [6.07, 6.45) is 0.901. The van der Waals surface area contributed by atoms with E-state index < -0.39 is 0 Å². The molecule has 0 aliphatic rings. The second-order valence-corrected chi connectivity index (χ2v) is 7.38. The number of nitrogens with two attached hydrogens (primary N) is 1. The molecule has 0 spiro atoms. The van der Waals surface area contributed by atoms with E-state index in [1.165, 1.54) is 11.1 Å². The second kappa shape index (κ2) is 8.44. The van der Waals surface area contributed by atoms with Crippen LogP contribution in [0.4, 0.5) is 0 Å². The molecule has 118 valence electrons. The lowest BCUT2D eigenvalue weighted by molar-refractivity contribution is -0.120. The van der Waals surface area contributed by atoms with Crippen LogP contribution in [0, 0.1) is 12.8 Å². The Hall–Kier alpha value is -1.00. The van der Waals surface area contributed by atoms with Crippen molar-refractivity contribution in [2.24, 2.45) is 11.7 Å². The van der Waals surface area contributed by atoms with Gasteiger partial charge >= 0.3 is 0 Å². The van der Waals surface area contributed by atoms with Crippen LogP contribution >= 0.6 is 11.8 Å². The van der Waals surface area contributed by atoms with E-state index in [-0.39, 0.29) is 11.4 Å². The van der Waals surface area contributed by atoms with Gasteiger partial charge in [0.1, 0.15) is 0 Å². The number of carbonyl (C=O) groups excluding carboxylic acids is 1. The molecule has 0 aromatic heterocycles. The van der Waals surface area contributed by atoms with Crippen molar-refractivity contribution in [3.8, 4) is 0 Å². The van der Waals surface area contributed by atoms with Gasteiger partial charge in [0, 0.05) is 17.8 Å². The molecule has 1 aromatic rings. The topological polar surface area (TPSA) is 55.1 Å². The summed E-state index contributed by atoms with van der Waals surface area (Å²) in [6.45, 7) is 8.87. The van der Waals surface area contributed by atoms with Gasteiger partial charge in [-0.25, -0.2) is 0 Å². The molecule has 1 aromatic carbocycles. The van der Waals surface area contributed by atoms with Crippen LogP contribution in [-0.4, -0.2) is 23.7 Å². The molecule has 0 radical (unpaired) electrons. The lowest BCUT2D eigenvalue weighted by Crippen LogP contribution is -2.52. The van der Waals surface area contributed by atoms with Crippen LogP contribution in [0.25, 0.3) is 0 Å². The molecule has 3 N–H and O–H groups in total. The smallest absolute Gasteiger partial charge is 0.230 e. The van der Waals surface area contributed by atoms with Crippen molar-refractivity contribution < 1.29 is 4.79 Å². The van der Waals surface area contributed by atoms with Crippen LogP contribution in [0.3, 0.4) is 0 Å². The summed E-state index contributed by atoms with van der Waals surface area (Å²) in [5.41, 5.74) is 8.04. The van der Waals surface area contributed by atoms with Crippen molar-refractivity contribution in [3.63, 3.8) is 0 Å². The zero-order valence-electron chi connectivity index (χ0n) is 13.6. The summed E-state index contributed by atoms with van der Waals surface area (Å²) in [5, 5.41) is 3.09. The van der Waals surface area contributed by atoms with E-state index >= 15 is 0 Å². The van der Waals surface area contributed by atoms with Gasteiger partial charge in [-0.1, -0.05) is 43.7 Å². The lowest BCUT2D eigenvalue weighted by Gasteiger charge is -2.31. The van der Waals surface area contributed by atoms with Crippen LogP contribution in [0.15, 0.2) is 24.3 Å². The number of hydrogen-bond donors (Lipinski definition) is 2. The van der Waals surface area contributed by atoms with E-state index in [0.29, 0.717) is 18.2 Å². The highest BCUT2D eigenvalue weighted by Crippen LogP contribution is 2.17. The third-order valence-electron chi connectivity index (χ3n) is 3.33. The number of hydrogen-bond acceptors (Lipinski definition) is 3. The predicted octanol–water partition coefficient (Wildman–Crippen LogP) is 3.11. The summed E-state index contributed by atoms with van der Waals surface area (Å²) in [4.78, 5) is 12.1. The van der Waals surface area contributed by atoms with Crippen LogP contribution < -0.4 is 11.1 Å². The number of carbonyl (C=O) groups is 1. The Kier molecular flexibility index (Phi) is 7.26. The van der Waals surface area contributed by atoms with Crippen molar-refractivity contribution in [1.29, 1.82) is 0 Å². The van der Waals surface area contributed by atoms with E-state index in [0.717, 1.165) is 12.2 Å². The van der Waals surface area contributed by atoms with Gasteiger partial charge in [0.05, 0.1) is 5.75 Å². The number of thioether (sulfide) groups is 1. The van der Waals surface area contributed by atoms with Crippen LogP contribution in [0.5, 0.6) is 0 Å². The fourth-order valence-corrected chi connectivity index (χ4v) is 3.30. The average Bonchev–Trinajstić information content (AvgIpc) is 2.37. The van der Waals surface area contributed by atoms with Gasteiger partial charge in [-0.2, -0.15) is 0 Å². The fourth-order valence-electron chi connectivity index (χ4n) is 2.52. The summed E-state index contributed by atoms with van der Waals surface area (Å²) < 4.78 is 0. The standard InChI is InChI=1S/C17H28N2OS/c1-13(2)9-17(4,12-18)19-16(20)11-21-10-15-7-5-6-14(3)8-15/h5-8,13H,9-12,18H2,1-4H3,(H,19,20). The quantitative estimate of drug-likeness (QED) is 0.776. The van der Waals surface area contributed by atoms with Gasteiger partial charge in [0.25, 0.3) is 0 Å². The molecule has 1 amide bonds. The Morgan fingerprint density at radius 2 is 2.14 bits per heavy atom. The summed E-state index contributed by atoms with van der Waals surface area (Å²) >= 11 is 1.64. The molecule has 21 heavy (non-hydrogen) atoms. The number of aryl methyl sites for hydroxylation is 1. The molecule has 1 unspecified atom stereocenters. The first-order valence-electron chi connectivity index (χ1n) is 7.49. The number of rotatable bonds is 8. The van der Waals surface area contributed by atoms with Crippen molar-refractivity contribution in [2.45, 2.75) is 45.4 Å². The SMILES string of the molecule is Cc1cccc(CSCC(=O)NC(C)(CN)CC(C)C)c1. The molecule has 3 nitrogen and oxygen atoms in total. The van der Waals surface area contributed by atoms with E-state index in [4.69, 9.17) is 5.73 Å². The van der Waals surface area contributed by atoms with Gasteiger partial charge < -0.3 is 11.1 Å². The molecule has 1 atom stereocenters. The molecule has 0 aliphatic heterocycles. The first-order chi connectivity index (χ1) is 9.84. The summed E-state index contributed by atoms with van der Waals surface area (Å²) in [6, 6.07) is 8.40. The third-order valence-corrected chi connectivity index (χ3v) is 4.34. The zero-order chi connectivity index (χ0) is 15.9.